The van der Waals surface area contributed by atoms with E-state index in [2.05, 4.69) is 10.00 Å². The predicted molar refractivity (Wildman–Crippen MR) is 125 cm³/mol. The van der Waals surface area contributed by atoms with Gasteiger partial charge in [-0.15, -0.1) is 0 Å². The molecule has 7 nitrogen and oxygen atoms in total. The van der Waals surface area contributed by atoms with Crippen LogP contribution in [0.3, 0.4) is 0 Å². The summed E-state index contributed by atoms with van der Waals surface area (Å²) in [5, 5.41) is 14.0. The van der Waals surface area contributed by atoms with Gasteiger partial charge >= 0.3 is 6.09 Å². The number of hydrogen-bond donors (Lipinski definition) is 1. The fourth-order valence-corrected chi connectivity index (χ4v) is 4.16. The molecule has 1 amide bonds. The van der Waals surface area contributed by atoms with E-state index in [9.17, 15) is 23.5 Å². The summed E-state index contributed by atoms with van der Waals surface area (Å²) in [6.07, 6.45) is 2.08. The van der Waals surface area contributed by atoms with Crippen LogP contribution in [0, 0.1) is 11.6 Å². The molecule has 1 aromatic heterocycles. The molecule has 178 valence electrons. The van der Waals surface area contributed by atoms with Crippen LogP contribution in [0.4, 0.5) is 19.3 Å². The number of carboxylic acid groups (broad SMARTS) is 1. The second kappa shape index (κ2) is 10.6. The number of likely N-dealkylation sites (tertiary alicyclic amines) is 1. The van der Waals surface area contributed by atoms with Gasteiger partial charge in [0, 0.05) is 23.9 Å². The van der Waals surface area contributed by atoms with Gasteiger partial charge in [-0.1, -0.05) is 12.1 Å². The zero-order chi connectivity index (χ0) is 24.1. The Morgan fingerprint density at radius 1 is 1.03 bits per heavy atom. The zero-order valence-corrected chi connectivity index (χ0v) is 18.7. The van der Waals surface area contributed by atoms with E-state index >= 15 is 0 Å². The highest BCUT2D eigenvalue weighted by Gasteiger charge is 2.17. The summed E-state index contributed by atoms with van der Waals surface area (Å²) in [5.74, 6) is -1.96. The van der Waals surface area contributed by atoms with E-state index in [0.29, 0.717) is 29.1 Å². The topological polar surface area (TPSA) is 78.7 Å². The molecule has 1 aliphatic heterocycles. The van der Waals surface area contributed by atoms with Crippen LogP contribution in [0.15, 0.2) is 59.4 Å². The van der Waals surface area contributed by atoms with Gasteiger partial charge in [0.1, 0.15) is 0 Å². The van der Waals surface area contributed by atoms with Crippen molar-refractivity contribution in [1.82, 2.24) is 14.7 Å². The summed E-state index contributed by atoms with van der Waals surface area (Å²) in [7, 11) is 0. The molecule has 1 aliphatic rings. The van der Waals surface area contributed by atoms with Crippen molar-refractivity contribution in [3.63, 3.8) is 0 Å². The van der Waals surface area contributed by atoms with Crippen molar-refractivity contribution in [3.8, 4) is 11.3 Å². The number of benzene rings is 2. The Bertz CT molecular complexity index is 1220. The van der Waals surface area contributed by atoms with Gasteiger partial charge < -0.3 is 10.0 Å². The third-order valence-corrected chi connectivity index (χ3v) is 5.92. The van der Waals surface area contributed by atoms with Gasteiger partial charge in [0.05, 0.1) is 12.2 Å². The monoisotopic (exact) mass is 468 g/mol. The second-order valence-corrected chi connectivity index (χ2v) is 8.35. The van der Waals surface area contributed by atoms with Crippen LogP contribution in [0.5, 0.6) is 0 Å². The van der Waals surface area contributed by atoms with Crippen molar-refractivity contribution in [2.45, 2.75) is 25.8 Å². The van der Waals surface area contributed by atoms with E-state index in [-0.39, 0.29) is 12.1 Å². The third kappa shape index (κ3) is 5.66. The number of hydrogen-bond acceptors (Lipinski definition) is 4. The summed E-state index contributed by atoms with van der Waals surface area (Å²) in [5.41, 5.74) is 1.52. The van der Waals surface area contributed by atoms with Crippen LogP contribution in [0.2, 0.25) is 0 Å². The molecule has 2 aromatic carbocycles. The van der Waals surface area contributed by atoms with Crippen molar-refractivity contribution in [2.24, 2.45) is 0 Å². The lowest BCUT2D eigenvalue weighted by atomic mass is 10.1. The highest BCUT2D eigenvalue weighted by atomic mass is 19.2. The van der Waals surface area contributed by atoms with Gasteiger partial charge in [-0.05, 0) is 80.9 Å². The number of anilines is 1. The lowest BCUT2D eigenvalue weighted by molar-refractivity contribution is 0.201. The fraction of sp³-hybridized carbons (Fsp3) is 0.320. The molecule has 34 heavy (non-hydrogen) atoms. The van der Waals surface area contributed by atoms with Crippen LogP contribution in [-0.2, 0) is 6.54 Å². The van der Waals surface area contributed by atoms with E-state index in [4.69, 9.17) is 0 Å². The molecule has 0 radical (unpaired) electrons. The van der Waals surface area contributed by atoms with Gasteiger partial charge in [-0.25, -0.2) is 18.3 Å². The minimum absolute atomic E-state index is 0.103. The smallest absolute Gasteiger partial charge is 0.411 e. The molecule has 1 N–H and O–H groups in total. The predicted octanol–water partition coefficient (Wildman–Crippen LogP) is 4.21. The van der Waals surface area contributed by atoms with Gasteiger partial charge in [-0.2, -0.15) is 5.10 Å². The number of nitrogens with zero attached hydrogens (tertiary/aromatic N) is 4. The molecule has 3 aromatic rings. The summed E-state index contributed by atoms with van der Waals surface area (Å²) in [6, 6.07) is 13.2. The van der Waals surface area contributed by atoms with E-state index in [1.165, 1.54) is 40.6 Å². The first-order valence-corrected chi connectivity index (χ1v) is 11.3. The number of halogens is 2. The molecular weight excluding hydrogens is 442 g/mol. The molecule has 1 fully saturated rings. The molecule has 0 unspecified atom stereocenters. The molecule has 0 aliphatic carbocycles. The van der Waals surface area contributed by atoms with Gasteiger partial charge in [0.25, 0.3) is 5.56 Å². The summed E-state index contributed by atoms with van der Waals surface area (Å²) >= 11 is 0. The minimum Gasteiger partial charge on any atom is -0.465 e. The van der Waals surface area contributed by atoms with Crippen LogP contribution in [0.25, 0.3) is 11.3 Å². The van der Waals surface area contributed by atoms with Crippen molar-refractivity contribution >= 4 is 11.8 Å². The van der Waals surface area contributed by atoms with Gasteiger partial charge in [0.2, 0.25) is 0 Å². The maximum Gasteiger partial charge on any atom is 0.411 e. The molecule has 9 heteroatoms. The van der Waals surface area contributed by atoms with Crippen molar-refractivity contribution in [1.29, 1.82) is 0 Å². The zero-order valence-electron chi connectivity index (χ0n) is 18.7. The van der Waals surface area contributed by atoms with Gasteiger partial charge in [-0.3, -0.25) is 9.69 Å². The van der Waals surface area contributed by atoms with Gasteiger partial charge in [0.15, 0.2) is 11.6 Å². The Morgan fingerprint density at radius 2 is 1.82 bits per heavy atom. The van der Waals surface area contributed by atoms with Crippen LogP contribution in [0.1, 0.15) is 24.8 Å². The molecule has 1 saturated heterocycles. The van der Waals surface area contributed by atoms with Crippen LogP contribution >= 0.6 is 0 Å². The molecular formula is C25H26F2N4O3. The first-order valence-electron chi connectivity index (χ1n) is 11.3. The minimum atomic E-state index is -1.03. The first kappa shape index (κ1) is 23.6. The Kier molecular flexibility index (Phi) is 7.32. The van der Waals surface area contributed by atoms with E-state index in [1.807, 2.05) is 0 Å². The average Bonchev–Trinajstić information content (AvgIpc) is 3.33. The third-order valence-electron chi connectivity index (χ3n) is 5.92. The maximum absolute atomic E-state index is 13.6. The van der Waals surface area contributed by atoms with E-state index in [1.54, 1.807) is 24.3 Å². The molecule has 2 heterocycles. The Hall–Kier alpha value is -3.59. The Morgan fingerprint density at radius 3 is 2.56 bits per heavy atom. The molecule has 0 bridgehead atoms. The SMILES string of the molecule is O=C(O)N(CCCN1CCCC1)c1cccc(Cn2nc(-c3ccc(F)c(F)c3)ccc2=O)c1. The molecule has 0 saturated carbocycles. The summed E-state index contributed by atoms with van der Waals surface area (Å²) in [4.78, 5) is 27.9. The quantitative estimate of drug-likeness (QED) is 0.536. The number of aromatic nitrogens is 2. The number of amides is 1. The number of carbonyl (C=O) groups is 1. The van der Waals surface area contributed by atoms with Crippen LogP contribution in [-0.4, -0.2) is 52.1 Å². The Labute approximate surface area is 195 Å². The number of rotatable bonds is 8. The largest absolute Gasteiger partial charge is 0.465 e. The molecule has 4 rings (SSSR count). The lowest BCUT2D eigenvalue weighted by Crippen LogP contribution is -2.33. The summed E-state index contributed by atoms with van der Waals surface area (Å²) < 4.78 is 28.1. The average molecular weight is 469 g/mol. The van der Waals surface area contributed by atoms with E-state index < -0.39 is 17.7 Å². The normalized spacial score (nSPS) is 13.8. The van der Waals surface area contributed by atoms with Crippen molar-refractivity contribution in [3.05, 3.63) is 82.1 Å². The Balaban J connectivity index is 1.51. The molecule has 0 spiro atoms. The second-order valence-electron chi connectivity index (χ2n) is 8.35. The van der Waals surface area contributed by atoms with Crippen molar-refractivity contribution < 1.29 is 18.7 Å². The highest BCUT2D eigenvalue weighted by molar-refractivity contribution is 5.86. The standard InChI is InChI=1S/C25H26F2N4O3/c26-21-8-7-19(16-22(21)27)23-9-10-24(32)31(28-23)17-18-5-3-6-20(15-18)30(25(33)34)14-4-13-29-11-1-2-12-29/h3,5-10,15-16H,1-2,4,11-14,17H2,(H,33,34). The first-order chi connectivity index (χ1) is 16.4. The molecule has 0 atom stereocenters. The van der Waals surface area contributed by atoms with Crippen LogP contribution < -0.4 is 10.5 Å². The lowest BCUT2D eigenvalue weighted by Gasteiger charge is -2.22. The van der Waals surface area contributed by atoms with Crippen molar-refractivity contribution in [2.75, 3.05) is 31.1 Å². The fourth-order valence-electron chi connectivity index (χ4n) is 4.16. The summed E-state index contributed by atoms with van der Waals surface area (Å²) in [6.45, 7) is 3.46. The highest BCUT2D eigenvalue weighted by Crippen LogP contribution is 2.20. The maximum atomic E-state index is 13.6. The van der Waals surface area contributed by atoms with E-state index in [0.717, 1.165) is 38.2 Å².